The van der Waals surface area contributed by atoms with Gasteiger partial charge in [0.05, 0.1) is 5.54 Å². The van der Waals surface area contributed by atoms with Crippen LogP contribution in [0.3, 0.4) is 0 Å². The van der Waals surface area contributed by atoms with E-state index < -0.39 is 0 Å². The molecule has 0 aromatic carbocycles. The van der Waals surface area contributed by atoms with Crippen LogP contribution in [0.1, 0.15) is 20.8 Å². The summed E-state index contributed by atoms with van der Waals surface area (Å²) in [6.45, 7) is 8.49. The van der Waals surface area contributed by atoms with Gasteiger partial charge in [0.2, 0.25) is 5.95 Å². The fraction of sp³-hybridized carbons (Fsp3) is 0.667. The highest BCUT2D eigenvalue weighted by atomic mass is 15.6. The summed E-state index contributed by atoms with van der Waals surface area (Å²) in [4.78, 5) is 4.33. The minimum Gasteiger partial charge on any atom is -0.315 e. The number of fused-ring (bicyclic) bond motifs is 1. The number of imidazole rings is 1. The molecule has 0 unspecified atom stereocenters. The normalized spacial score (nSPS) is 17.3. The lowest BCUT2D eigenvalue weighted by Gasteiger charge is -2.39. The number of hydrogen-bond donors (Lipinski definition) is 1. The Kier molecular flexibility index (Phi) is 1.80. The fourth-order valence-corrected chi connectivity index (χ4v) is 1.57. The molecule has 0 aliphatic carbocycles. The Morgan fingerprint density at radius 1 is 1.46 bits per heavy atom. The van der Waals surface area contributed by atoms with Gasteiger partial charge in [0, 0.05) is 25.5 Å². The maximum absolute atomic E-state index is 4.33. The molecule has 0 saturated carbocycles. The molecular weight excluding hydrogens is 164 g/mol. The van der Waals surface area contributed by atoms with Crippen LogP contribution < -0.4 is 10.4 Å². The van der Waals surface area contributed by atoms with Crippen molar-refractivity contribution in [2.45, 2.75) is 32.9 Å². The topological polar surface area (TPSA) is 33.1 Å². The van der Waals surface area contributed by atoms with E-state index in [1.54, 1.807) is 0 Å². The number of anilines is 1. The van der Waals surface area contributed by atoms with Crippen molar-refractivity contribution in [2.75, 3.05) is 11.6 Å². The minimum absolute atomic E-state index is 0.0729. The predicted molar refractivity (Wildman–Crippen MR) is 52.5 cm³/mol. The van der Waals surface area contributed by atoms with E-state index in [4.69, 9.17) is 0 Å². The smallest absolute Gasteiger partial charge is 0.220 e. The summed E-state index contributed by atoms with van der Waals surface area (Å²) in [6.07, 6.45) is 3.87. The Morgan fingerprint density at radius 2 is 2.23 bits per heavy atom. The van der Waals surface area contributed by atoms with Gasteiger partial charge < -0.3 is 4.57 Å². The molecule has 0 fully saturated rings. The third-order valence-electron chi connectivity index (χ3n) is 2.19. The fourth-order valence-electron chi connectivity index (χ4n) is 1.57. The molecule has 4 nitrogen and oxygen atoms in total. The van der Waals surface area contributed by atoms with Crippen LogP contribution >= 0.6 is 0 Å². The van der Waals surface area contributed by atoms with Gasteiger partial charge in [-0.05, 0) is 20.8 Å². The van der Waals surface area contributed by atoms with Crippen molar-refractivity contribution in [1.29, 1.82) is 0 Å². The Balaban J connectivity index is 2.35. The van der Waals surface area contributed by atoms with Crippen LogP contribution in [0.2, 0.25) is 0 Å². The van der Waals surface area contributed by atoms with Crippen LogP contribution in [0.4, 0.5) is 5.95 Å². The van der Waals surface area contributed by atoms with Crippen molar-refractivity contribution >= 4 is 5.95 Å². The molecule has 1 aliphatic rings. The van der Waals surface area contributed by atoms with Crippen molar-refractivity contribution < 1.29 is 0 Å². The number of nitrogens with one attached hydrogen (secondary N) is 1. The Labute approximate surface area is 78.5 Å². The SMILES string of the molecule is CC(C)(C)N1NCCn2ccnc21. The maximum Gasteiger partial charge on any atom is 0.220 e. The van der Waals surface area contributed by atoms with Gasteiger partial charge in [0.15, 0.2) is 0 Å². The first-order valence-electron chi connectivity index (χ1n) is 4.64. The molecule has 1 aromatic heterocycles. The first-order valence-corrected chi connectivity index (χ1v) is 4.64. The second-order valence-corrected chi connectivity index (χ2v) is 4.33. The highest BCUT2D eigenvalue weighted by Gasteiger charge is 2.27. The van der Waals surface area contributed by atoms with Crippen molar-refractivity contribution in [2.24, 2.45) is 0 Å². The van der Waals surface area contributed by atoms with Gasteiger partial charge in [-0.1, -0.05) is 0 Å². The van der Waals surface area contributed by atoms with Crippen LogP contribution in [0, 0.1) is 0 Å². The predicted octanol–water partition coefficient (Wildman–Crippen LogP) is 1.01. The van der Waals surface area contributed by atoms with E-state index in [1.807, 2.05) is 12.4 Å². The summed E-state index contributed by atoms with van der Waals surface area (Å²) in [7, 11) is 0. The van der Waals surface area contributed by atoms with E-state index in [1.165, 1.54) is 0 Å². The summed E-state index contributed by atoms with van der Waals surface area (Å²) in [5.74, 6) is 1.01. The zero-order valence-corrected chi connectivity index (χ0v) is 8.41. The van der Waals surface area contributed by atoms with E-state index in [2.05, 4.69) is 40.8 Å². The van der Waals surface area contributed by atoms with Gasteiger partial charge in [-0.2, -0.15) is 0 Å². The van der Waals surface area contributed by atoms with Crippen LogP contribution in [0.5, 0.6) is 0 Å². The zero-order chi connectivity index (χ0) is 9.47. The van der Waals surface area contributed by atoms with E-state index in [-0.39, 0.29) is 5.54 Å². The first-order chi connectivity index (χ1) is 6.09. The highest BCUT2D eigenvalue weighted by molar-refractivity contribution is 5.34. The average Bonchev–Trinajstić information content (AvgIpc) is 2.48. The number of nitrogens with zero attached hydrogens (tertiary/aromatic N) is 3. The summed E-state index contributed by atoms with van der Waals surface area (Å²) in [6, 6.07) is 0. The number of aromatic nitrogens is 2. The van der Waals surface area contributed by atoms with Gasteiger partial charge in [0.1, 0.15) is 0 Å². The molecule has 0 spiro atoms. The highest BCUT2D eigenvalue weighted by Crippen LogP contribution is 2.21. The standard InChI is InChI=1S/C9H16N4/c1-9(2,3)13-8-10-4-6-12(8)7-5-11-13/h4,6,11H,5,7H2,1-3H3. The lowest BCUT2D eigenvalue weighted by molar-refractivity contribution is 0.386. The number of hydrazine groups is 1. The maximum atomic E-state index is 4.33. The molecule has 0 atom stereocenters. The van der Waals surface area contributed by atoms with Crippen LogP contribution in [-0.2, 0) is 6.54 Å². The molecule has 0 saturated heterocycles. The second-order valence-electron chi connectivity index (χ2n) is 4.33. The van der Waals surface area contributed by atoms with Gasteiger partial charge >= 0.3 is 0 Å². The quantitative estimate of drug-likeness (QED) is 0.646. The molecule has 72 valence electrons. The lowest BCUT2D eigenvalue weighted by Crippen LogP contribution is -2.55. The van der Waals surface area contributed by atoms with Crippen molar-refractivity contribution in [3.63, 3.8) is 0 Å². The molecule has 2 heterocycles. The van der Waals surface area contributed by atoms with E-state index >= 15 is 0 Å². The van der Waals surface area contributed by atoms with Crippen LogP contribution in [-0.4, -0.2) is 21.6 Å². The first kappa shape index (κ1) is 8.56. The van der Waals surface area contributed by atoms with E-state index in [9.17, 15) is 0 Å². The third-order valence-corrected chi connectivity index (χ3v) is 2.19. The van der Waals surface area contributed by atoms with Crippen molar-refractivity contribution in [3.05, 3.63) is 12.4 Å². The molecule has 1 aromatic rings. The Bertz CT molecular complexity index is 297. The lowest BCUT2D eigenvalue weighted by atomic mass is 10.1. The van der Waals surface area contributed by atoms with Gasteiger partial charge in [-0.25, -0.2) is 10.4 Å². The molecule has 0 amide bonds. The van der Waals surface area contributed by atoms with Crippen LogP contribution in [0.25, 0.3) is 0 Å². The molecule has 13 heavy (non-hydrogen) atoms. The van der Waals surface area contributed by atoms with E-state index in [0.717, 1.165) is 19.0 Å². The molecule has 0 radical (unpaired) electrons. The number of hydrogen-bond acceptors (Lipinski definition) is 3. The van der Waals surface area contributed by atoms with Crippen LogP contribution in [0.15, 0.2) is 12.4 Å². The molecule has 1 N–H and O–H groups in total. The van der Waals surface area contributed by atoms with Gasteiger partial charge in [-0.15, -0.1) is 0 Å². The molecule has 4 heteroatoms. The summed E-state index contributed by atoms with van der Waals surface area (Å²) < 4.78 is 2.17. The second kappa shape index (κ2) is 2.73. The molecule has 0 bridgehead atoms. The summed E-state index contributed by atoms with van der Waals surface area (Å²) in [5.41, 5.74) is 3.42. The van der Waals surface area contributed by atoms with Gasteiger partial charge in [-0.3, -0.25) is 5.01 Å². The van der Waals surface area contributed by atoms with Crippen molar-refractivity contribution in [1.82, 2.24) is 15.0 Å². The monoisotopic (exact) mass is 180 g/mol. The zero-order valence-electron chi connectivity index (χ0n) is 8.41. The average molecular weight is 180 g/mol. The van der Waals surface area contributed by atoms with Crippen molar-refractivity contribution in [3.8, 4) is 0 Å². The summed E-state index contributed by atoms with van der Waals surface area (Å²) in [5, 5.41) is 2.12. The number of rotatable bonds is 0. The van der Waals surface area contributed by atoms with Gasteiger partial charge in [0.25, 0.3) is 0 Å². The minimum atomic E-state index is 0.0729. The summed E-state index contributed by atoms with van der Waals surface area (Å²) >= 11 is 0. The third kappa shape index (κ3) is 1.42. The molecule has 2 rings (SSSR count). The largest absolute Gasteiger partial charge is 0.315 e. The molecular formula is C9H16N4. The molecule has 1 aliphatic heterocycles. The van der Waals surface area contributed by atoms with E-state index in [0.29, 0.717) is 0 Å². The Hall–Kier alpha value is -1.03. The Morgan fingerprint density at radius 3 is 2.92 bits per heavy atom.